The van der Waals surface area contributed by atoms with Gasteiger partial charge in [0.2, 0.25) is 0 Å². The van der Waals surface area contributed by atoms with Crippen LogP contribution in [0.3, 0.4) is 0 Å². The molecule has 0 radical (unpaired) electrons. The van der Waals surface area contributed by atoms with Crippen molar-refractivity contribution in [1.82, 2.24) is 4.98 Å². The fourth-order valence-electron chi connectivity index (χ4n) is 1.46. The van der Waals surface area contributed by atoms with Crippen LogP contribution in [0, 0.1) is 0 Å². The zero-order valence-corrected chi connectivity index (χ0v) is 10.4. The average Bonchev–Trinajstić information content (AvgIpc) is 2.34. The minimum absolute atomic E-state index is 0.00318. The molecule has 17 heavy (non-hydrogen) atoms. The van der Waals surface area contributed by atoms with Crippen LogP contribution in [0.15, 0.2) is 42.7 Å². The molecule has 0 saturated carbocycles. The Kier molecular flexibility index (Phi) is 3.77. The molecule has 0 saturated heterocycles. The quantitative estimate of drug-likeness (QED) is 0.790. The lowest BCUT2D eigenvalue weighted by atomic mass is 10.0. The molecule has 0 aliphatic heterocycles. The van der Waals surface area contributed by atoms with Gasteiger partial charge >= 0.3 is 0 Å². The highest BCUT2D eigenvalue weighted by molar-refractivity contribution is 6.42. The maximum absolute atomic E-state index is 11.9. The Balaban J connectivity index is 2.18. The van der Waals surface area contributed by atoms with E-state index in [0.717, 1.165) is 5.56 Å². The van der Waals surface area contributed by atoms with Crippen molar-refractivity contribution in [3.05, 3.63) is 63.9 Å². The Morgan fingerprint density at radius 3 is 2.65 bits per heavy atom. The van der Waals surface area contributed by atoms with Crippen molar-refractivity contribution < 1.29 is 4.79 Å². The lowest BCUT2D eigenvalue weighted by molar-refractivity contribution is 0.0993. The van der Waals surface area contributed by atoms with Crippen LogP contribution in [0.4, 0.5) is 0 Å². The summed E-state index contributed by atoms with van der Waals surface area (Å²) < 4.78 is 0. The van der Waals surface area contributed by atoms with Crippen LogP contribution in [-0.4, -0.2) is 10.8 Å². The van der Waals surface area contributed by atoms with Crippen LogP contribution >= 0.6 is 23.2 Å². The zero-order chi connectivity index (χ0) is 12.3. The summed E-state index contributed by atoms with van der Waals surface area (Å²) in [6.07, 6.45) is 3.66. The molecule has 0 aliphatic rings. The normalized spacial score (nSPS) is 10.2. The van der Waals surface area contributed by atoms with Gasteiger partial charge in [0.25, 0.3) is 0 Å². The number of benzene rings is 1. The highest BCUT2D eigenvalue weighted by atomic mass is 35.5. The van der Waals surface area contributed by atoms with Gasteiger partial charge in [-0.05, 0) is 29.8 Å². The fourth-order valence-corrected chi connectivity index (χ4v) is 1.76. The summed E-state index contributed by atoms with van der Waals surface area (Å²) in [5, 5.41) is 0.841. The maximum Gasteiger partial charge on any atom is 0.167 e. The average molecular weight is 266 g/mol. The molecule has 0 unspecified atom stereocenters. The standard InChI is InChI=1S/C13H9Cl2NO/c14-11-4-3-10(7-12(11)15)13(17)6-9-2-1-5-16-8-9/h1-5,7-8H,6H2. The van der Waals surface area contributed by atoms with Gasteiger partial charge in [0.1, 0.15) is 0 Å². The minimum atomic E-state index is -0.00318. The summed E-state index contributed by atoms with van der Waals surface area (Å²) in [5.74, 6) is -0.00318. The highest BCUT2D eigenvalue weighted by Crippen LogP contribution is 2.23. The maximum atomic E-state index is 11.9. The van der Waals surface area contributed by atoms with E-state index in [4.69, 9.17) is 23.2 Å². The van der Waals surface area contributed by atoms with Gasteiger partial charge in [-0.1, -0.05) is 29.3 Å². The molecule has 0 atom stereocenters. The summed E-state index contributed by atoms with van der Waals surface area (Å²) in [5.41, 5.74) is 1.44. The fraction of sp³-hybridized carbons (Fsp3) is 0.0769. The third-order valence-electron chi connectivity index (χ3n) is 2.33. The van der Waals surface area contributed by atoms with Gasteiger partial charge in [-0.2, -0.15) is 0 Å². The van der Waals surface area contributed by atoms with Crippen molar-refractivity contribution in [2.24, 2.45) is 0 Å². The SMILES string of the molecule is O=C(Cc1cccnc1)c1ccc(Cl)c(Cl)c1. The Morgan fingerprint density at radius 2 is 2.00 bits per heavy atom. The van der Waals surface area contributed by atoms with E-state index < -0.39 is 0 Å². The number of carbonyl (C=O) groups excluding carboxylic acids is 1. The highest BCUT2D eigenvalue weighted by Gasteiger charge is 2.09. The molecular weight excluding hydrogens is 257 g/mol. The molecule has 1 heterocycles. The van der Waals surface area contributed by atoms with Crippen LogP contribution in [0.2, 0.25) is 10.0 Å². The van der Waals surface area contributed by atoms with Gasteiger partial charge in [0.05, 0.1) is 10.0 Å². The molecule has 0 bridgehead atoms. The topological polar surface area (TPSA) is 30.0 Å². The summed E-state index contributed by atoms with van der Waals surface area (Å²) in [6, 6.07) is 8.55. The summed E-state index contributed by atoms with van der Waals surface area (Å²) in [6.45, 7) is 0. The molecular formula is C13H9Cl2NO. The summed E-state index contributed by atoms with van der Waals surface area (Å²) in [4.78, 5) is 15.9. The number of halogens is 2. The molecule has 0 aliphatic carbocycles. The van der Waals surface area contributed by atoms with Crippen molar-refractivity contribution >= 4 is 29.0 Å². The van der Waals surface area contributed by atoms with Crippen molar-refractivity contribution in [3.8, 4) is 0 Å². The molecule has 4 heteroatoms. The van der Waals surface area contributed by atoms with Gasteiger partial charge < -0.3 is 0 Å². The van der Waals surface area contributed by atoms with Gasteiger partial charge in [-0.25, -0.2) is 0 Å². The van der Waals surface area contributed by atoms with Crippen LogP contribution in [0.1, 0.15) is 15.9 Å². The number of Topliss-reactive ketones (excluding diaryl/α,β-unsaturated/α-hetero) is 1. The van der Waals surface area contributed by atoms with E-state index in [0.29, 0.717) is 22.0 Å². The summed E-state index contributed by atoms with van der Waals surface area (Å²) in [7, 11) is 0. The molecule has 0 fully saturated rings. The molecule has 0 spiro atoms. The van der Waals surface area contributed by atoms with E-state index in [2.05, 4.69) is 4.98 Å². The number of pyridine rings is 1. The Labute approximate surface area is 109 Å². The van der Waals surface area contributed by atoms with Crippen molar-refractivity contribution in [2.75, 3.05) is 0 Å². The number of aromatic nitrogens is 1. The number of nitrogens with zero attached hydrogens (tertiary/aromatic N) is 1. The van der Waals surface area contributed by atoms with Crippen LogP contribution in [-0.2, 0) is 6.42 Å². The first-order valence-corrected chi connectivity index (χ1v) is 5.79. The van der Waals surface area contributed by atoms with Crippen molar-refractivity contribution in [3.63, 3.8) is 0 Å². The zero-order valence-electron chi connectivity index (χ0n) is 8.86. The molecule has 2 nitrogen and oxygen atoms in total. The molecule has 2 rings (SSSR count). The Hall–Kier alpha value is -1.38. The van der Waals surface area contributed by atoms with E-state index in [9.17, 15) is 4.79 Å². The van der Waals surface area contributed by atoms with Crippen LogP contribution in [0.5, 0.6) is 0 Å². The van der Waals surface area contributed by atoms with Crippen molar-refractivity contribution in [1.29, 1.82) is 0 Å². The molecule has 2 aromatic rings. The first kappa shape index (κ1) is 12.1. The van der Waals surface area contributed by atoms with E-state index in [1.54, 1.807) is 36.7 Å². The van der Waals surface area contributed by atoms with Crippen molar-refractivity contribution in [2.45, 2.75) is 6.42 Å². The Morgan fingerprint density at radius 1 is 1.18 bits per heavy atom. The van der Waals surface area contributed by atoms with Gasteiger partial charge in [-0.15, -0.1) is 0 Å². The third kappa shape index (κ3) is 3.05. The lowest BCUT2D eigenvalue weighted by Gasteiger charge is -2.02. The number of hydrogen-bond donors (Lipinski definition) is 0. The van der Waals surface area contributed by atoms with Crippen LogP contribution < -0.4 is 0 Å². The number of rotatable bonds is 3. The second kappa shape index (κ2) is 5.30. The molecule has 86 valence electrons. The van der Waals surface area contributed by atoms with Gasteiger partial charge in [0, 0.05) is 24.4 Å². The monoisotopic (exact) mass is 265 g/mol. The van der Waals surface area contributed by atoms with Crippen LogP contribution in [0.25, 0.3) is 0 Å². The first-order chi connectivity index (χ1) is 8.16. The second-order valence-corrected chi connectivity index (χ2v) is 4.40. The predicted molar refractivity (Wildman–Crippen MR) is 68.7 cm³/mol. The number of ketones is 1. The number of hydrogen-bond acceptors (Lipinski definition) is 2. The smallest absolute Gasteiger partial charge is 0.167 e. The molecule has 1 aromatic carbocycles. The van der Waals surface area contributed by atoms with E-state index in [1.807, 2.05) is 6.07 Å². The lowest BCUT2D eigenvalue weighted by Crippen LogP contribution is -2.03. The predicted octanol–water partition coefficient (Wildman–Crippen LogP) is 3.81. The number of carbonyl (C=O) groups is 1. The molecule has 0 N–H and O–H groups in total. The van der Waals surface area contributed by atoms with E-state index in [-0.39, 0.29) is 5.78 Å². The van der Waals surface area contributed by atoms with Gasteiger partial charge in [0.15, 0.2) is 5.78 Å². The summed E-state index contributed by atoms with van der Waals surface area (Å²) >= 11 is 11.7. The Bertz CT molecular complexity index is 540. The molecule has 1 aromatic heterocycles. The van der Waals surface area contributed by atoms with Gasteiger partial charge in [-0.3, -0.25) is 9.78 Å². The molecule has 0 amide bonds. The van der Waals surface area contributed by atoms with E-state index in [1.165, 1.54) is 0 Å². The largest absolute Gasteiger partial charge is 0.294 e. The third-order valence-corrected chi connectivity index (χ3v) is 3.07. The first-order valence-electron chi connectivity index (χ1n) is 5.04. The minimum Gasteiger partial charge on any atom is -0.294 e. The second-order valence-electron chi connectivity index (χ2n) is 3.59. The van der Waals surface area contributed by atoms with E-state index >= 15 is 0 Å².